The Labute approximate surface area is 134 Å². The normalized spacial score (nSPS) is 17.4. The topological polar surface area (TPSA) is 21.3 Å². The molecule has 0 spiro atoms. The van der Waals surface area contributed by atoms with Gasteiger partial charge in [0.05, 0.1) is 17.3 Å². The fourth-order valence-corrected chi connectivity index (χ4v) is 2.75. The Morgan fingerprint density at radius 1 is 1.14 bits per heavy atom. The molecular weight excluding hydrogens is 359 g/mol. The molecule has 1 heterocycles. The maximum Gasteiger partial charge on any atom is 0.416 e. The lowest BCUT2D eigenvalue weighted by Gasteiger charge is -2.27. The molecule has 0 aliphatic carbocycles. The van der Waals surface area contributed by atoms with Gasteiger partial charge in [0.1, 0.15) is 12.4 Å². The second kappa shape index (κ2) is 5.83. The zero-order valence-electron chi connectivity index (χ0n) is 11.5. The van der Waals surface area contributed by atoms with Crippen LogP contribution in [0.2, 0.25) is 0 Å². The minimum atomic E-state index is -4.29. The number of anilines is 1. The summed E-state index contributed by atoms with van der Waals surface area (Å²) in [6.07, 6.45) is -3.69. The van der Waals surface area contributed by atoms with Gasteiger partial charge in [-0.3, -0.25) is 0 Å². The average molecular weight is 372 g/mol. The van der Waals surface area contributed by atoms with E-state index in [-0.39, 0.29) is 6.04 Å². The average Bonchev–Trinajstić information content (AvgIpc) is 2.47. The van der Waals surface area contributed by atoms with Crippen molar-refractivity contribution in [2.45, 2.75) is 18.6 Å². The smallest absolute Gasteiger partial charge is 0.416 e. The number of benzene rings is 2. The highest BCUT2D eigenvalue weighted by Crippen LogP contribution is 2.33. The van der Waals surface area contributed by atoms with E-state index in [0.29, 0.717) is 13.0 Å². The summed E-state index contributed by atoms with van der Waals surface area (Å²) in [5.41, 5.74) is 1.11. The van der Waals surface area contributed by atoms with Gasteiger partial charge in [-0.15, -0.1) is 0 Å². The Balaban J connectivity index is 1.68. The molecule has 1 atom stereocenters. The number of ether oxygens (including phenoxy) is 1. The molecule has 2 nitrogen and oxygen atoms in total. The second-order valence-electron chi connectivity index (χ2n) is 5.19. The molecule has 0 amide bonds. The minimum Gasteiger partial charge on any atom is -0.489 e. The summed E-state index contributed by atoms with van der Waals surface area (Å²) in [6, 6.07) is 11.0. The zero-order valence-corrected chi connectivity index (χ0v) is 13.0. The molecule has 0 bridgehead atoms. The third-order valence-electron chi connectivity index (χ3n) is 3.51. The summed E-state index contributed by atoms with van der Waals surface area (Å²) in [6.45, 7) is 0.477. The van der Waals surface area contributed by atoms with Crippen LogP contribution in [0.25, 0.3) is 0 Å². The highest BCUT2D eigenvalue weighted by atomic mass is 79.9. The standard InChI is InChI=1S/C16H13BrF3NO/c17-12-5-6-14-15(8-12)22-9-13(21-14)7-10-1-3-11(4-2-10)16(18,19)20/h1-6,8,13,21H,7,9H2. The molecule has 0 fully saturated rings. The molecule has 0 radical (unpaired) electrons. The molecule has 1 unspecified atom stereocenters. The summed E-state index contributed by atoms with van der Waals surface area (Å²) in [4.78, 5) is 0. The van der Waals surface area contributed by atoms with Crippen molar-refractivity contribution >= 4 is 21.6 Å². The lowest BCUT2D eigenvalue weighted by molar-refractivity contribution is -0.137. The van der Waals surface area contributed by atoms with E-state index in [2.05, 4.69) is 21.2 Å². The van der Waals surface area contributed by atoms with Crippen molar-refractivity contribution in [1.82, 2.24) is 0 Å². The first-order valence-electron chi connectivity index (χ1n) is 6.77. The van der Waals surface area contributed by atoms with Crippen LogP contribution in [0, 0.1) is 0 Å². The molecular formula is C16H13BrF3NO. The lowest BCUT2D eigenvalue weighted by Crippen LogP contribution is -2.33. The van der Waals surface area contributed by atoms with Gasteiger partial charge in [-0.25, -0.2) is 0 Å². The van der Waals surface area contributed by atoms with E-state index in [1.807, 2.05) is 18.2 Å². The molecule has 2 aromatic rings. The number of hydrogen-bond donors (Lipinski definition) is 1. The number of nitrogens with one attached hydrogen (secondary N) is 1. The summed E-state index contributed by atoms with van der Waals surface area (Å²) in [5.74, 6) is 0.776. The molecule has 22 heavy (non-hydrogen) atoms. The number of halogens is 4. The Bertz CT molecular complexity index is 670. The van der Waals surface area contributed by atoms with E-state index in [1.54, 1.807) is 0 Å². The molecule has 116 valence electrons. The van der Waals surface area contributed by atoms with Crippen molar-refractivity contribution in [3.63, 3.8) is 0 Å². The van der Waals surface area contributed by atoms with Crippen LogP contribution in [-0.4, -0.2) is 12.6 Å². The van der Waals surface area contributed by atoms with Gasteiger partial charge in [0.25, 0.3) is 0 Å². The molecule has 1 aliphatic rings. The van der Waals surface area contributed by atoms with Crippen LogP contribution in [-0.2, 0) is 12.6 Å². The molecule has 3 rings (SSSR count). The maximum atomic E-state index is 12.5. The highest BCUT2D eigenvalue weighted by molar-refractivity contribution is 9.10. The highest BCUT2D eigenvalue weighted by Gasteiger charge is 2.30. The lowest BCUT2D eigenvalue weighted by atomic mass is 10.0. The minimum absolute atomic E-state index is 0.0328. The molecule has 2 aromatic carbocycles. The van der Waals surface area contributed by atoms with Crippen LogP contribution in [0.4, 0.5) is 18.9 Å². The van der Waals surface area contributed by atoms with Crippen molar-refractivity contribution in [2.75, 3.05) is 11.9 Å². The van der Waals surface area contributed by atoms with Crippen LogP contribution in [0.1, 0.15) is 11.1 Å². The molecule has 1 aliphatic heterocycles. The molecule has 1 N–H and O–H groups in total. The number of rotatable bonds is 2. The van der Waals surface area contributed by atoms with Crippen molar-refractivity contribution < 1.29 is 17.9 Å². The summed E-state index contributed by atoms with van der Waals surface area (Å²) in [7, 11) is 0. The van der Waals surface area contributed by atoms with Crippen molar-refractivity contribution in [3.8, 4) is 5.75 Å². The van der Waals surface area contributed by atoms with Gasteiger partial charge >= 0.3 is 6.18 Å². The molecule has 6 heteroatoms. The fraction of sp³-hybridized carbons (Fsp3) is 0.250. The van der Waals surface area contributed by atoms with Gasteiger partial charge in [-0.05, 0) is 42.3 Å². The number of fused-ring (bicyclic) bond motifs is 1. The molecule has 0 saturated carbocycles. The van der Waals surface area contributed by atoms with Crippen molar-refractivity contribution in [3.05, 3.63) is 58.1 Å². The van der Waals surface area contributed by atoms with E-state index in [1.165, 1.54) is 12.1 Å². The van der Waals surface area contributed by atoms with Gasteiger partial charge in [-0.1, -0.05) is 28.1 Å². The largest absolute Gasteiger partial charge is 0.489 e. The molecule has 0 aromatic heterocycles. The van der Waals surface area contributed by atoms with E-state index < -0.39 is 11.7 Å². The van der Waals surface area contributed by atoms with Gasteiger partial charge in [0.2, 0.25) is 0 Å². The fourth-order valence-electron chi connectivity index (χ4n) is 2.41. The summed E-state index contributed by atoms with van der Waals surface area (Å²) < 4.78 is 44.3. The van der Waals surface area contributed by atoms with Gasteiger partial charge in [0, 0.05) is 4.47 Å². The first kappa shape index (κ1) is 15.2. The maximum absolute atomic E-state index is 12.5. The van der Waals surface area contributed by atoms with E-state index in [4.69, 9.17) is 4.74 Å². The van der Waals surface area contributed by atoms with Gasteiger partial charge < -0.3 is 10.1 Å². The zero-order chi connectivity index (χ0) is 15.7. The van der Waals surface area contributed by atoms with E-state index >= 15 is 0 Å². The van der Waals surface area contributed by atoms with Crippen LogP contribution in [0.3, 0.4) is 0 Å². The first-order chi connectivity index (χ1) is 10.4. The second-order valence-corrected chi connectivity index (χ2v) is 6.11. The Morgan fingerprint density at radius 2 is 1.86 bits per heavy atom. The summed E-state index contributed by atoms with van der Waals surface area (Å²) in [5, 5.41) is 3.35. The first-order valence-corrected chi connectivity index (χ1v) is 7.56. The van der Waals surface area contributed by atoms with E-state index in [9.17, 15) is 13.2 Å². The number of hydrogen-bond acceptors (Lipinski definition) is 2. The van der Waals surface area contributed by atoms with Gasteiger partial charge in [0.15, 0.2) is 0 Å². The van der Waals surface area contributed by atoms with Crippen molar-refractivity contribution in [2.24, 2.45) is 0 Å². The summed E-state index contributed by atoms with van der Waals surface area (Å²) >= 11 is 3.38. The third-order valence-corrected chi connectivity index (χ3v) is 4.00. The van der Waals surface area contributed by atoms with Gasteiger partial charge in [-0.2, -0.15) is 13.2 Å². The SMILES string of the molecule is FC(F)(F)c1ccc(CC2COc3cc(Br)ccc3N2)cc1. The third kappa shape index (κ3) is 3.38. The van der Waals surface area contributed by atoms with Crippen molar-refractivity contribution in [1.29, 1.82) is 0 Å². The Kier molecular flexibility index (Phi) is 4.04. The van der Waals surface area contributed by atoms with E-state index in [0.717, 1.165) is 33.6 Å². The predicted octanol–water partition coefficient (Wildman–Crippen LogP) is 4.88. The molecule has 0 saturated heterocycles. The van der Waals surface area contributed by atoms with Crippen LogP contribution in [0.5, 0.6) is 5.75 Å². The van der Waals surface area contributed by atoms with Crippen LogP contribution >= 0.6 is 15.9 Å². The Morgan fingerprint density at radius 3 is 2.55 bits per heavy atom. The number of alkyl halides is 3. The quantitative estimate of drug-likeness (QED) is 0.811. The van der Waals surface area contributed by atoms with Crippen LogP contribution < -0.4 is 10.1 Å². The predicted molar refractivity (Wildman–Crippen MR) is 82.2 cm³/mol. The van der Waals surface area contributed by atoms with Crippen LogP contribution in [0.15, 0.2) is 46.9 Å². The Hall–Kier alpha value is -1.69. The monoisotopic (exact) mass is 371 g/mol.